The van der Waals surface area contributed by atoms with Crippen LogP contribution in [0.25, 0.3) is 0 Å². The zero-order chi connectivity index (χ0) is 13.6. The zero-order valence-electron chi connectivity index (χ0n) is 12.3. The number of hydrogen-bond acceptors (Lipinski definition) is 4. The Morgan fingerprint density at radius 3 is 2.84 bits per heavy atom. The summed E-state index contributed by atoms with van der Waals surface area (Å²) >= 11 is 0. The first-order valence-corrected chi connectivity index (χ1v) is 7.79. The highest BCUT2D eigenvalue weighted by Gasteiger charge is 2.56. The molecule has 0 radical (unpaired) electrons. The van der Waals surface area contributed by atoms with Crippen LogP contribution in [-0.2, 0) is 9.47 Å². The van der Waals surface area contributed by atoms with Gasteiger partial charge in [0.1, 0.15) is 12.2 Å². The highest BCUT2D eigenvalue weighted by molar-refractivity contribution is 5.06. The van der Waals surface area contributed by atoms with E-state index in [2.05, 4.69) is 11.8 Å². The second kappa shape index (κ2) is 4.99. The van der Waals surface area contributed by atoms with E-state index in [1.165, 1.54) is 12.8 Å². The molecule has 3 fully saturated rings. The molecule has 4 heteroatoms. The molecule has 5 atom stereocenters. The molecule has 0 amide bonds. The van der Waals surface area contributed by atoms with Crippen LogP contribution in [0.4, 0.5) is 0 Å². The Hall–Kier alpha value is -0.160. The lowest BCUT2D eigenvalue weighted by atomic mass is 9.83. The topological polar surface area (TPSA) is 41.9 Å². The van der Waals surface area contributed by atoms with Gasteiger partial charge in [-0.1, -0.05) is 19.8 Å². The third-order valence-electron chi connectivity index (χ3n) is 4.94. The lowest BCUT2D eigenvalue weighted by molar-refractivity contribution is -0.173. The second-order valence-corrected chi connectivity index (χ2v) is 6.81. The minimum atomic E-state index is -0.489. The predicted molar refractivity (Wildman–Crippen MR) is 72.8 cm³/mol. The number of aliphatic hydroxyl groups excluding tert-OH is 1. The summed E-state index contributed by atoms with van der Waals surface area (Å²) in [5, 5.41) is 10.7. The summed E-state index contributed by atoms with van der Waals surface area (Å²) < 4.78 is 12.0. The Morgan fingerprint density at radius 2 is 2.11 bits per heavy atom. The van der Waals surface area contributed by atoms with E-state index in [9.17, 15) is 5.11 Å². The first-order valence-electron chi connectivity index (χ1n) is 7.79. The number of ether oxygens (including phenoxy) is 2. The van der Waals surface area contributed by atoms with E-state index in [4.69, 9.17) is 9.47 Å². The molecule has 0 spiro atoms. The van der Waals surface area contributed by atoms with Crippen LogP contribution in [0.1, 0.15) is 46.5 Å². The van der Waals surface area contributed by atoms with Gasteiger partial charge in [-0.05, 0) is 39.2 Å². The van der Waals surface area contributed by atoms with E-state index in [1.54, 1.807) is 0 Å². The molecular formula is C15H27NO3. The van der Waals surface area contributed by atoms with Crippen molar-refractivity contribution >= 4 is 0 Å². The lowest BCUT2D eigenvalue weighted by Gasteiger charge is -2.41. The maximum absolute atomic E-state index is 10.7. The molecule has 0 aromatic rings. The molecule has 0 aromatic heterocycles. The maximum atomic E-state index is 10.7. The average Bonchev–Trinajstić information content (AvgIpc) is 2.80. The number of fused-ring (bicyclic) bond motifs is 3. The van der Waals surface area contributed by atoms with Crippen molar-refractivity contribution in [1.82, 2.24) is 4.90 Å². The minimum absolute atomic E-state index is 0.0504. The van der Waals surface area contributed by atoms with Gasteiger partial charge in [0.25, 0.3) is 0 Å². The number of unbranched alkanes of at least 4 members (excludes halogenated alkanes) is 1. The molecule has 3 unspecified atom stereocenters. The van der Waals surface area contributed by atoms with Crippen molar-refractivity contribution in [3.8, 4) is 0 Å². The summed E-state index contributed by atoms with van der Waals surface area (Å²) in [6.45, 7) is 8.15. The maximum Gasteiger partial charge on any atom is 0.163 e. The van der Waals surface area contributed by atoms with E-state index in [0.717, 1.165) is 25.9 Å². The molecule has 110 valence electrons. The van der Waals surface area contributed by atoms with E-state index >= 15 is 0 Å². The van der Waals surface area contributed by atoms with Crippen molar-refractivity contribution in [1.29, 1.82) is 0 Å². The van der Waals surface area contributed by atoms with Crippen LogP contribution in [0.3, 0.4) is 0 Å². The predicted octanol–water partition coefficient (Wildman–Crippen LogP) is 1.76. The normalized spacial score (nSPS) is 45.2. The zero-order valence-corrected chi connectivity index (χ0v) is 12.3. The van der Waals surface area contributed by atoms with Crippen LogP contribution in [-0.4, -0.2) is 53.2 Å². The molecule has 0 bridgehead atoms. The molecule has 3 aliphatic rings. The van der Waals surface area contributed by atoms with E-state index in [0.29, 0.717) is 5.92 Å². The standard InChI is InChI=1S/C15H27NO3/c1-4-5-6-10-7-8-16-9-11-14(12(16)13(10)17)19-15(2,3)18-11/h10-14,17H,4-9H2,1-3H3/t10?,11?,12-,13-,14?/m1/s1. The number of hydrogen-bond donors (Lipinski definition) is 1. The van der Waals surface area contributed by atoms with Gasteiger partial charge in [0.05, 0.1) is 12.1 Å². The molecule has 1 N–H and O–H groups in total. The van der Waals surface area contributed by atoms with E-state index in [1.807, 2.05) is 13.8 Å². The van der Waals surface area contributed by atoms with Crippen LogP contribution in [0.15, 0.2) is 0 Å². The first-order chi connectivity index (χ1) is 9.02. The summed E-state index contributed by atoms with van der Waals surface area (Å²) in [6.07, 6.45) is 4.60. The average molecular weight is 269 g/mol. The molecule has 19 heavy (non-hydrogen) atoms. The monoisotopic (exact) mass is 269 g/mol. The molecule has 3 heterocycles. The van der Waals surface area contributed by atoms with Gasteiger partial charge in [0.2, 0.25) is 0 Å². The molecule has 0 aromatic carbocycles. The summed E-state index contributed by atoms with van der Waals surface area (Å²) in [4.78, 5) is 2.37. The van der Waals surface area contributed by atoms with Crippen molar-refractivity contribution < 1.29 is 14.6 Å². The van der Waals surface area contributed by atoms with Gasteiger partial charge in [-0.2, -0.15) is 0 Å². The number of piperidine rings is 1. The smallest absolute Gasteiger partial charge is 0.163 e. The van der Waals surface area contributed by atoms with Crippen molar-refractivity contribution in [3.05, 3.63) is 0 Å². The highest BCUT2D eigenvalue weighted by atomic mass is 16.8. The van der Waals surface area contributed by atoms with Crippen LogP contribution < -0.4 is 0 Å². The largest absolute Gasteiger partial charge is 0.391 e. The van der Waals surface area contributed by atoms with E-state index < -0.39 is 5.79 Å². The molecular weight excluding hydrogens is 242 g/mol. The fourth-order valence-electron chi connectivity index (χ4n) is 4.07. The molecule has 3 rings (SSSR count). The van der Waals surface area contributed by atoms with Gasteiger partial charge < -0.3 is 14.6 Å². The second-order valence-electron chi connectivity index (χ2n) is 6.81. The highest BCUT2D eigenvalue weighted by Crippen LogP contribution is 2.42. The number of nitrogens with zero attached hydrogens (tertiary/aromatic N) is 1. The van der Waals surface area contributed by atoms with Crippen LogP contribution in [0.2, 0.25) is 0 Å². The van der Waals surface area contributed by atoms with Gasteiger partial charge in [0.15, 0.2) is 5.79 Å². The first kappa shape index (κ1) is 13.8. The third-order valence-corrected chi connectivity index (χ3v) is 4.94. The summed E-state index contributed by atoms with van der Waals surface area (Å²) in [5.41, 5.74) is 0. The Morgan fingerprint density at radius 1 is 1.32 bits per heavy atom. The van der Waals surface area contributed by atoms with Crippen molar-refractivity contribution in [2.45, 2.75) is 76.6 Å². The number of aliphatic hydroxyl groups is 1. The van der Waals surface area contributed by atoms with Crippen LogP contribution in [0, 0.1) is 5.92 Å². The van der Waals surface area contributed by atoms with Crippen LogP contribution in [0.5, 0.6) is 0 Å². The minimum Gasteiger partial charge on any atom is -0.391 e. The fourth-order valence-corrected chi connectivity index (χ4v) is 4.07. The van der Waals surface area contributed by atoms with Gasteiger partial charge in [-0.25, -0.2) is 0 Å². The molecule has 0 aliphatic carbocycles. The van der Waals surface area contributed by atoms with Crippen LogP contribution >= 0.6 is 0 Å². The Bertz CT molecular complexity index is 333. The Labute approximate surface area is 116 Å². The van der Waals surface area contributed by atoms with E-state index in [-0.39, 0.29) is 24.4 Å². The van der Waals surface area contributed by atoms with Crippen molar-refractivity contribution in [3.63, 3.8) is 0 Å². The van der Waals surface area contributed by atoms with Crippen molar-refractivity contribution in [2.24, 2.45) is 5.92 Å². The Balaban J connectivity index is 1.70. The lowest BCUT2D eigenvalue weighted by Crippen LogP contribution is -2.53. The molecule has 3 saturated heterocycles. The number of rotatable bonds is 3. The summed E-state index contributed by atoms with van der Waals surface area (Å²) in [6, 6.07) is 0.141. The molecule has 3 aliphatic heterocycles. The molecule has 4 nitrogen and oxygen atoms in total. The van der Waals surface area contributed by atoms with Gasteiger partial charge in [0, 0.05) is 6.54 Å². The third kappa shape index (κ3) is 2.44. The van der Waals surface area contributed by atoms with Gasteiger partial charge >= 0.3 is 0 Å². The fraction of sp³-hybridized carbons (Fsp3) is 1.00. The van der Waals surface area contributed by atoms with Gasteiger partial charge in [-0.15, -0.1) is 0 Å². The Kier molecular flexibility index (Phi) is 3.63. The van der Waals surface area contributed by atoms with Gasteiger partial charge in [-0.3, -0.25) is 4.90 Å². The SMILES string of the molecule is CCCCC1CCN2CC3OC(C)(C)OC3[C@H]2[C@@H]1O. The van der Waals surface area contributed by atoms with Crippen molar-refractivity contribution in [2.75, 3.05) is 13.1 Å². The quantitative estimate of drug-likeness (QED) is 0.848. The summed E-state index contributed by atoms with van der Waals surface area (Å²) in [5.74, 6) is -0.0513. The summed E-state index contributed by atoms with van der Waals surface area (Å²) in [7, 11) is 0. The molecule has 0 saturated carbocycles.